The van der Waals surface area contributed by atoms with Crippen molar-refractivity contribution in [3.63, 3.8) is 0 Å². The van der Waals surface area contributed by atoms with Crippen molar-refractivity contribution >= 4 is 32.8 Å². The first-order valence-electron chi connectivity index (χ1n) is 4.47. The highest BCUT2D eigenvalue weighted by molar-refractivity contribution is 9.10. The Bertz CT molecular complexity index is 531. The predicted molar refractivity (Wildman–Crippen MR) is 62.0 cm³/mol. The first-order chi connectivity index (χ1) is 7.13. The summed E-state index contributed by atoms with van der Waals surface area (Å²) in [4.78, 5) is 11.3. The Morgan fingerprint density at radius 2 is 2.13 bits per heavy atom. The van der Waals surface area contributed by atoms with Gasteiger partial charge in [-0.15, -0.1) is 0 Å². The van der Waals surface area contributed by atoms with Crippen molar-refractivity contribution in [3.05, 3.63) is 34.4 Å². The lowest BCUT2D eigenvalue weighted by atomic mass is 10.1. The fraction of sp³-hybridized carbons (Fsp3) is 0.182. The van der Waals surface area contributed by atoms with Crippen molar-refractivity contribution in [2.75, 3.05) is 7.11 Å². The minimum atomic E-state index is -0.308. The van der Waals surface area contributed by atoms with E-state index in [2.05, 4.69) is 20.7 Å². The maximum atomic E-state index is 11.3. The van der Waals surface area contributed by atoms with E-state index in [1.54, 1.807) is 6.07 Å². The van der Waals surface area contributed by atoms with Gasteiger partial charge in [0.15, 0.2) is 0 Å². The maximum absolute atomic E-state index is 11.3. The Balaban J connectivity index is 2.62. The van der Waals surface area contributed by atoms with Gasteiger partial charge in [0.05, 0.1) is 17.3 Å². The van der Waals surface area contributed by atoms with E-state index in [1.807, 2.05) is 29.8 Å². The molecule has 0 fully saturated rings. The van der Waals surface area contributed by atoms with Crippen LogP contribution in [0.3, 0.4) is 0 Å². The molecule has 15 heavy (non-hydrogen) atoms. The Hall–Kier alpha value is -1.29. The van der Waals surface area contributed by atoms with E-state index in [-0.39, 0.29) is 5.97 Å². The number of rotatable bonds is 1. The maximum Gasteiger partial charge on any atom is 0.337 e. The van der Waals surface area contributed by atoms with Gasteiger partial charge in [0.25, 0.3) is 0 Å². The highest BCUT2D eigenvalue weighted by Crippen LogP contribution is 2.23. The molecule has 1 heterocycles. The molecule has 2 rings (SSSR count). The number of hydrogen-bond acceptors (Lipinski definition) is 2. The lowest BCUT2D eigenvalue weighted by Gasteiger charge is -2.00. The SMILES string of the molecule is COC(=O)c1ccc2c(c1)cc(Br)n2C. The van der Waals surface area contributed by atoms with Crippen molar-refractivity contribution in [3.8, 4) is 0 Å². The minimum Gasteiger partial charge on any atom is -0.465 e. The van der Waals surface area contributed by atoms with E-state index in [0.717, 1.165) is 15.5 Å². The standard InChI is InChI=1S/C11H10BrNO2/c1-13-9-4-3-7(11(14)15-2)5-8(9)6-10(13)12/h3-6H,1-2H3. The lowest BCUT2D eigenvalue weighted by molar-refractivity contribution is 0.0601. The number of esters is 1. The minimum absolute atomic E-state index is 0.308. The summed E-state index contributed by atoms with van der Waals surface area (Å²) in [5, 5.41) is 1.02. The van der Waals surface area contributed by atoms with E-state index in [4.69, 9.17) is 0 Å². The Kier molecular flexibility index (Phi) is 2.52. The molecule has 0 radical (unpaired) electrons. The Labute approximate surface area is 95.8 Å². The van der Waals surface area contributed by atoms with Crippen molar-refractivity contribution in [1.82, 2.24) is 4.57 Å². The molecule has 0 saturated carbocycles. The number of benzene rings is 1. The number of nitrogens with zero attached hydrogens (tertiary/aromatic N) is 1. The van der Waals surface area contributed by atoms with E-state index >= 15 is 0 Å². The molecule has 1 aromatic carbocycles. The zero-order valence-corrected chi connectivity index (χ0v) is 10.0. The van der Waals surface area contributed by atoms with E-state index in [9.17, 15) is 4.79 Å². The number of methoxy groups -OCH3 is 1. The van der Waals surface area contributed by atoms with Crippen molar-refractivity contribution in [1.29, 1.82) is 0 Å². The third-order valence-electron chi connectivity index (χ3n) is 2.41. The monoisotopic (exact) mass is 267 g/mol. The Morgan fingerprint density at radius 1 is 1.40 bits per heavy atom. The molecular weight excluding hydrogens is 258 g/mol. The zero-order chi connectivity index (χ0) is 11.0. The largest absolute Gasteiger partial charge is 0.465 e. The summed E-state index contributed by atoms with van der Waals surface area (Å²) in [5.41, 5.74) is 1.65. The molecule has 0 atom stereocenters. The molecule has 78 valence electrons. The quantitative estimate of drug-likeness (QED) is 0.744. The van der Waals surface area contributed by atoms with Crippen LogP contribution in [-0.4, -0.2) is 17.6 Å². The van der Waals surface area contributed by atoms with Gasteiger partial charge in [-0.3, -0.25) is 0 Å². The molecule has 2 aromatic rings. The third kappa shape index (κ3) is 1.65. The Morgan fingerprint density at radius 3 is 2.80 bits per heavy atom. The van der Waals surface area contributed by atoms with Crippen LogP contribution in [0.2, 0.25) is 0 Å². The second kappa shape index (κ2) is 3.70. The number of carbonyl (C=O) groups is 1. The van der Waals surface area contributed by atoms with Crippen LogP contribution in [-0.2, 0) is 11.8 Å². The molecule has 0 aliphatic carbocycles. The molecule has 1 aromatic heterocycles. The fourth-order valence-electron chi connectivity index (χ4n) is 1.56. The fourth-order valence-corrected chi connectivity index (χ4v) is 2.00. The highest BCUT2D eigenvalue weighted by Gasteiger charge is 2.08. The van der Waals surface area contributed by atoms with Crippen molar-refractivity contribution in [2.45, 2.75) is 0 Å². The van der Waals surface area contributed by atoms with Gasteiger partial charge in [-0.1, -0.05) is 0 Å². The topological polar surface area (TPSA) is 31.2 Å². The van der Waals surface area contributed by atoms with Crippen LogP contribution in [0.1, 0.15) is 10.4 Å². The van der Waals surface area contributed by atoms with Gasteiger partial charge >= 0.3 is 5.97 Å². The molecule has 0 spiro atoms. The molecule has 0 bridgehead atoms. The van der Waals surface area contributed by atoms with E-state index in [1.165, 1.54) is 7.11 Å². The van der Waals surface area contributed by atoms with Gasteiger partial charge in [0, 0.05) is 18.0 Å². The number of hydrogen-bond donors (Lipinski definition) is 0. The summed E-state index contributed by atoms with van der Waals surface area (Å²) in [5.74, 6) is -0.308. The molecule has 3 nitrogen and oxygen atoms in total. The van der Waals surface area contributed by atoms with Crippen LogP contribution >= 0.6 is 15.9 Å². The number of carbonyl (C=O) groups excluding carboxylic acids is 1. The number of ether oxygens (including phenoxy) is 1. The van der Waals surface area contributed by atoms with Crippen molar-refractivity contribution in [2.24, 2.45) is 7.05 Å². The molecule has 0 aliphatic heterocycles. The first kappa shape index (κ1) is 10.2. The summed E-state index contributed by atoms with van der Waals surface area (Å²) in [6.45, 7) is 0. The summed E-state index contributed by atoms with van der Waals surface area (Å²) in [6.07, 6.45) is 0. The van der Waals surface area contributed by atoms with Crippen LogP contribution in [0.4, 0.5) is 0 Å². The molecule has 0 saturated heterocycles. The zero-order valence-electron chi connectivity index (χ0n) is 8.45. The van der Waals surface area contributed by atoms with Gasteiger partial charge in [-0.25, -0.2) is 4.79 Å². The van der Waals surface area contributed by atoms with Crippen molar-refractivity contribution < 1.29 is 9.53 Å². The molecule has 4 heteroatoms. The first-order valence-corrected chi connectivity index (χ1v) is 5.26. The van der Waals surface area contributed by atoms with E-state index in [0.29, 0.717) is 5.56 Å². The lowest BCUT2D eigenvalue weighted by Crippen LogP contribution is -2.00. The van der Waals surface area contributed by atoms with Gasteiger partial charge in [-0.05, 0) is 40.2 Å². The molecular formula is C11H10BrNO2. The number of fused-ring (bicyclic) bond motifs is 1. The summed E-state index contributed by atoms with van der Waals surface area (Å²) < 4.78 is 7.66. The van der Waals surface area contributed by atoms with Gasteiger partial charge in [-0.2, -0.15) is 0 Å². The normalized spacial score (nSPS) is 10.6. The molecule has 0 unspecified atom stereocenters. The van der Waals surface area contributed by atoms with Gasteiger partial charge in [0.1, 0.15) is 0 Å². The van der Waals surface area contributed by atoms with Gasteiger partial charge in [0.2, 0.25) is 0 Å². The highest BCUT2D eigenvalue weighted by atomic mass is 79.9. The second-order valence-corrected chi connectivity index (χ2v) is 4.10. The molecule has 0 aliphatic rings. The average Bonchev–Trinajstić information content (AvgIpc) is 2.53. The summed E-state index contributed by atoms with van der Waals surface area (Å²) in [6, 6.07) is 7.47. The number of halogens is 1. The molecule has 0 N–H and O–H groups in total. The van der Waals surface area contributed by atoms with Crippen LogP contribution in [0, 0.1) is 0 Å². The number of aromatic nitrogens is 1. The average molecular weight is 268 g/mol. The van der Waals surface area contributed by atoms with Crippen LogP contribution in [0.15, 0.2) is 28.9 Å². The van der Waals surface area contributed by atoms with Crippen LogP contribution < -0.4 is 0 Å². The van der Waals surface area contributed by atoms with E-state index < -0.39 is 0 Å². The van der Waals surface area contributed by atoms with Crippen LogP contribution in [0.5, 0.6) is 0 Å². The second-order valence-electron chi connectivity index (χ2n) is 3.29. The smallest absolute Gasteiger partial charge is 0.337 e. The predicted octanol–water partition coefficient (Wildman–Crippen LogP) is 2.73. The van der Waals surface area contributed by atoms with Crippen LogP contribution in [0.25, 0.3) is 10.9 Å². The summed E-state index contributed by atoms with van der Waals surface area (Å²) in [7, 11) is 3.34. The molecule has 0 amide bonds. The number of aryl methyl sites for hydroxylation is 1. The van der Waals surface area contributed by atoms with Gasteiger partial charge < -0.3 is 9.30 Å². The summed E-state index contributed by atoms with van der Waals surface area (Å²) >= 11 is 3.43. The third-order valence-corrected chi connectivity index (χ3v) is 3.17.